The maximum absolute atomic E-state index is 3.64. The average molecular weight is 387 g/mol. The number of halogens is 1. The number of hydrogen-bond donors (Lipinski definition) is 0. The molecule has 16 heavy (non-hydrogen) atoms. The van der Waals surface area contributed by atoms with Crippen LogP contribution in [0.3, 0.4) is 0 Å². The Bertz CT molecular complexity index is 463. The quantitative estimate of drug-likeness (QED) is 0.709. The van der Waals surface area contributed by atoms with Crippen LogP contribution < -0.4 is 3.61 Å². The van der Waals surface area contributed by atoms with Gasteiger partial charge in [-0.05, 0) is 0 Å². The molecule has 0 aliphatic rings. The normalized spacial score (nSPS) is 11.4. The Labute approximate surface area is 115 Å². The summed E-state index contributed by atoms with van der Waals surface area (Å²) in [4.78, 5) is 0. The molecular weight excluding hydrogens is 376 g/mol. The summed E-state index contributed by atoms with van der Waals surface area (Å²) in [5, 5.41) is 0. The van der Waals surface area contributed by atoms with Crippen LogP contribution in [0.15, 0.2) is 64.8 Å². The molecular formula is C14H11BrTe. The van der Waals surface area contributed by atoms with Crippen LogP contribution in [0.4, 0.5) is 0 Å². The zero-order valence-electron chi connectivity index (χ0n) is 8.64. The molecule has 0 heterocycles. The van der Waals surface area contributed by atoms with Gasteiger partial charge in [0.15, 0.2) is 0 Å². The van der Waals surface area contributed by atoms with Crippen molar-refractivity contribution >= 4 is 44.9 Å². The van der Waals surface area contributed by atoms with Crippen molar-refractivity contribution in [2.75, 3.05) is 0 Å². The molecule has 0 spiro atoms. The fraction of sp³-hybridized carbons (Fsp3) is 0. The summed E-state index contributed by atoms with van der Waals surface area (Å²) in [5.41, 5.74) is 1.25. The molecule has 2 rings (SSSR count). The fourth-order valence-corrected chi connectivity index (χ4v) is 4.14. The zero-order chi connectivity index (χ0) is 11.2. The van der Waals surface area contributed by atoms with Crippen LogP contribution in [0.5, 0.6) is 0 Å². The van der Waals surface area contributed by atoms with Gasteiger partial charge in [-0.15, -0.1) is 0 Å². The van der Waals surface area contributed by atoms with Crippen molar-refractivity contribution < 1.29 is 0 Å². The average Bonchev–Trinajstić information content (AvgIpc) is 2.38. The number of hydrogen-bond acceptors (Lipinski definition) is 0. The Morgan fingerprint density at radius 2 is 1.44 bits per heavy atom. The van der Waals surface area contributed by atoms with Gasteiger partial charge < -0.3 is 0 Å². The molecule has 0 aliphatic heterocycles. The van der Waals surface area contributed by atoms with Crippen molar-refractivity contribution in [2.45, 2.75) is 0 Å². The van der Waals surface area contributed by atoms with Gasteiger partial charge in [0.25, 0.3) is 0 Å². The molecule has 0 radical (unpaired) electrons. The third kappa shape index (κ3) is 3.49. The molecule has 2 heteroatoms. The monoisotopic (exact) mass is 388 g/mol. The summed E-state index contributed by atoms with van der Waals surface area (Å²) in [5.74, 6) is 0. The Kier molecular flexibility index (Phi) is 4.66. The Morgan fingerprint density at radius 1 is 0.875 bits per heavy atom. The van der Waals surface area contributed by atoms with Crippen molar-refractivity contribution in [1.29, 1.82) is 0 Å². The van der Waals surface area contributed by atoms with Gasteiger partial charge in [-0.2, -0.15) is 0 Å². The number of benzene rings is 2. The van der Waals surface area contributed by atoms with Crippen LogP contribution >= 0.6 is 15.9 Å². The summed E-state index contributed by atoms with van der Waals surface area (Å²) in [6.45, 7) is 0. The van der Waals surface area contributed by atoms with Crippen LogP contribution in [0, 0.1) is 0 Å². The summed E-state index contributed by atoms with van der Waals surface area (Å²) in [6, 6.07) is 21.1. The van der Waals surface area contributed by atoms with E-state index in [-0.39, 0.29) is 20.9 Å². The Hall–Kier alpha value is -0.550. The molecule has 80 valence electrons. The van der Waals surface area contributed by atoms with Gasteiger partial charge in [0, 0.05) is 0 Å². The minimum atomic E-state index is -0.231. The third-order valence-electron chi connectivity index (χ3n) is 2.09. The van der Waals surface area contributed by atoms with Gasteiger partial charge in [0.05, 0.1) is 0 Å². The van der Waals surface area contributed by atoms with Gasteiger partial charge in [-0.1, -0.05) is 0 Å². The Morgan fingerprint density at radius 3 is 2.06 bits per heavy atom. The molecule has 0 saturated heterocycles. The second-order valence-corrected chi connectivity index (χ2v) is 6.81. The van der Waals surface area contributed by atoms with E-state index in [0.717, 1.165) is 0 Å². The van der Waals surface area contributed by atoms with Crippen LogP contribution in [0.1, 0.15) is 5.56 Å². The SMILES string of the molecule is Br/C(=C/[Te]c1ccccc1)c1ccccc1. The Balaban J connectivity index is 2.09. The first kappa shape index (κ1) is 11.9. The van der Waals surface area contributed by atoms with Crippen LogP contribution in [0.25, 0.3) is 4.48 Å². The molecule has 2 aromatic carbocycles. The zero-order valence-corrected chi connectivity index (χ0v) is 12.6. The molecule has 0 unspecified atom stereocenters. The molecule has 0 aliphatic carbocycles. The van der Waals surface area contributed by atoms with Crippen molar-refractivity contribution in [3.63, 3.8) is 0 Å². The van der Waals surface area contributed by atoms with Crippen LogP contribution in [-0.2, 0) is 0 Å². The molecule has 0 N–H and O–H groups in total. The third-order valence-corrected chi connectivity index (χ3v) is 6.28. The van der Waals surface area contributed by atoms with E-state index < -0.39 is 0 Å². The summed E-state index contributed by atoms with van der Waals surface area (Å²) >= 11 is 3.41. The molecule has 2 aromatic rings. The van der Waals surface area contributed by atoms with Crippen molar-refractivity contribution in [3.8, 4) is 0 Å². The van der Waals surface area contributed by atoms with Gasteiger partial charge >= 0.3 is 115 Å². The van der Waals surface area contributed by atoms with Crippen LogP contribution in [0.2, 0.25) is 0 Å². The first-order valence-electron chi connectivity index (χ1n) is 4.99. The van der Waals surface area contributed by atoms with E-state index >= 15 is 0 Å². The molecule has 0 nitrogen and oxygen atoms in total. The van der Waals surface area contributed by atoms with Gasteiger partial charge in [0.2, 0.25) is 0 Å². The maximum atomic E-state index is 3.64. The van der Waals surface area contributed by atoms with Crippen LogP contribution in [-0.4, -0.2) is 20.9 Å². The summed E-state index contributed by atoms with van der Waals surface area (Å²) < 4.78 is 5.00. The van der Waals surface area contributed by atoms with E-state index in [1.165, 1.54) is 13.7 Å². The van der Waals surface area contributed by atoms with E-state index in [1.54, 1.807) is 0 Å². The second kappa shape index (κ2) is 6.25. The first-order chi connectivity index (χ1) is 7.86. The van der Waals surface area contributed by atoms with Crippen molar-refractivity contribution in [2.24, 2.45) is 0 Å². The van der Waals surface area contributed by atoms with E-state index in [0.29, 0.717) is 0 Å². The summed E-state index contributed by atoms with van der Waals surface area (Å²) in [7, 11) is 0. The van der Waals surface area contributed by atoms with Gasteiger partial charge in [0.1, 0.15) is 0 Å². The minimum absolute atomic E-state index is 0.231. The van der Waals surface area contributed by atoms with Gasteiger partial charge in [-0.25, -0.2) is 0 Å². The topological polar surface area (TPSA) is 0 Å². The predicted octanol–water partition coefficient (Wildman–Crippen LogP) is 3.41. The fourth-order valence-electron chi connectivity index (χ4n) is 1.28. The molecule has 0 amide bonds. The molecule has 0 aromatic heterocycles. The first-order valence-corrected chi connectivity index (χ1v) is 8.29. The summed E-state index contributed by atoms with van der Waals surface area (Å²) in [6.07, 6.45) is 0. The molecule has 0 bridgehead atoms. The van der Waals surface area contributed by atoms with Gasteiger partial charge in [-0.3, -0.25) is 0 Å². The van der Waals surface area contributed by atoms with Crippen molar-refractivity contribution in [1.82, 2.24) is 0 Å². The number of rotatable bonds is 3. The second-order valence-electron chi connectivity index (χ2n) is 3.26. The van der Waals surface area contributed by atoms with E-state index in [4.69, 9.17) is 0 Å². The molecule has 0 fully saturated rings. The molecule has 0 saturated carbocycles. The standard InChI is InChI=1S/C14H11BrTe/c15-14(12-7-3-1-4-8-12)11-16-13-9-5-2-6-10-13/h1-11H/b14-11+. The molecule has 0 atom stereocenters. The van der Waals surface area contributed by atoms with E-state index in [9.17, 15) is 0 Å². The predicted molar refractivity (Wildman–Crippen MR) is 75.2 cm³/mol. The van der Waals surface area contributed by atoms with E-state index in [2.05, 4.69) is 74.7 Å². The van der Waals surface area contributed by atoms with Crippen molar-refractivity contribution in [3.05, 3.63) is 70.4 Å². The van der Waals surface area contributed by atoms with E-state index in [1.807, 2.05) is 6.07 Å².